The second-order valence-electron chi connectivity index (χ2n) is 6.18. The van der Waals surface area contributed by atoms with Crippen LogP contribution in [0.25, 0.3) is 0 Å². The first-order valence-electron chi connectivity index (χ1n) is 8.67. The monoisotopic (exact) mass is 280 g/mol. The van der Waals surface area contributed by atoms with Gasteiger partial charge >= 0.3 is 0 Å². The lowest BCUT2D eigenvalue weighted by molar-refractivity contribution is 0.491. The van der Waals surface area contributed by atoms with Gasteiger partial charge < -0.3 is 0 Å². The molecule has 2 nitrogen and oxygen atoms in total. The molecule has 0 saturated heterocycles. The molecule has 0 aromatic heterocycles. The molecule has 2 heteroatoms. The Labute approximate surface area is 127 Å². The predicted octanol–water partition coefficient (Wildman–Crippen LogP) is 6.40. The van der Waals surface area contributed by atoms with Crippen LogP contribution in [0, 0.1) is 5.92 Å². The van der Waals surface area contributed by atoms with Crippen molar-refractivity contribution in [1.29, 1.82) is 0 Å². The molecule has 0 heterocycles. The van der Waals surface area contributed by atoms with Gasteiger partial charge in [0.05, 0.1) is 0 Å². The summed E-state index contributed by atoms with van der Waals surface area (Å²) in [5, 5.41) is 8.67. The summed E-state index contributed by atoms with van der Waals surface area (Å²) in [4.78, 5) is 0. The van der Waals surface area contributed by atoms with Gasteiger partial charge in [0.25, 0.3) is 0 Å². The van der Waals surface area contributed by atoms with Crippen molar-refractivity contribution in [3.63, 3.8) is 0 Å². The minimum Gasteiger partial charge on any atom is -0.161 e. The highest BCUT2D eigenvalue weighted by molar-refractivity contribution is 5.86. The fourth-order valence-corrected chi connectivity index (χ4v) is 2.46. The van der Waals surface area contributed by atoms with Gasteiger partial charge in [0.15, 0.2) is 0 Å². The van der Waals surface area contributed by atoms with E-state index in [1.807, 2.05) is 13.8 Å². The summed E-state index contributed by atoms with van der Waals surface area (Å²) >= 11 is 0. The van der Waals surface area contributed by atoms with Crippen LogP contribution in [0.3, 0.4) is 0 Å². The Morgan fingerprint density at radius 3 is 1.60 bits per heavy atom. The summed E-state index contributed by atoms with van der Waals surface area (Å²) in [6, 6.07) is 0. The van der Waals surface area contributed by atoms with Gasteiger partial charge in [-0.15, -0.1) is 0 Å². The van der Waals surface area contributed by atoms with E-state index in [1.54, 1.807) is 0 Å². The van der Waals surface area contributed by atoms with Crippen LogP contribution in [0.4, 0.5) is 0 Å². The molecule has 0 rings (SSSR count). The van der Waals surface area contributed by atoms with Crippen molar-refractivity contribution in [3.8, 4) is 0 Å². The van der Waals surface area contributed by atoms with E-state index in [0.29, 0.717) is 5.92 Å². The highest BCUT2D eigenvalue weighted by Gasteiger charge is 2.12. The third kappa shape index (κ3) is 11.2. The van der Waals surface area contributed by atoms with Crippen LogP contribution in [-0.4, -0.2) is 11.4 Å². The summed E-state index contributed by atoms with van der Waals surface area (Å²) < 4.78 is 0. The maximum absolute atomic E-state index is 4.43. The van der Waals surface area contributed by atoms with Gasteiger partial charge in [-0.05, 0) is 39.5 Å². The molecule has 0 aromatic carbocycles. The molecule has 0 spiro atoms. The Kier molecular flexibility index (Phi) is 12.9. The van der Waals surface area contributed by atoms with Crippen LogP contribution in [0.1, 0.15) is 98.8 Å². The molecule has 20 heavy (non-hydrogen) atoms. The zero-order chi connectivity index (χ0) is 15.2. The third-order valence-corrected chi connectivity index (χ3v) is 3.81. The van der Waals surface area contributed by atoms with E-state index in [2.05, 4.69) is 31.0 Å². The van der Waals surface area contributed by atoms with Gasteiger partial charge in [0.2, 0.25) is 0 Å². The smallest absolute Gasteiger partial charge is 0.0405 e. The first kappa shape index (κ1) is 19.3. The number of rotatable bonds is 12. The zero-order valence-electron chi connectivity index (χ0n) is 14.5. The zero-order valence-corrected chi connectivity index (χ0v) is 14.5. The maximum atomic E-state index is 4.43. The van der Waals surface area contributed by atoms with Crippen molar-refractivity contribution in [2.45, 2.75) is 98.8 Å². The summed E-state index contributed by atoms with van der Waals surface area (Å²) in [7, 11) is 0. The lowest BCUT2D eigenvalue weighted by Crippen LogP contribution is -2.11. The molecule has 0 fully saturated rings. The number of hydrogen-bond donors (Lipinski definition) is 0. The molecule has 0 amide bonds. The minimum atomic E-state index is 0.645. The predicted molar refractivity (Wildman–Crippen MR) is 92.9 cm³/mol. The third-order valence-electron chi connectivity index (χ3n) is 3.81. The van der Waals surface area contributed by atoms with Crippen molar-refractivity contribution in [2.75, 3.05) is 0 Å². The van der Waals surface area contributed by atoms with Gasteiger partial charge in [-0.1, -0.05) is 65.2 Å². The molecule has 0 aliphatic carbocycles. The minimum absolute atomic E-state index is 0.645. The van der Waals surface area contributed by atoms with Crippen molar-refractivity contribution >= 4 is 11.4 Å². The SMILES string of the molecule is CCCCCCC(CCCCCC)/C(C)=N/N=C(C)C. The first-order valence-corrected chi connectivity index (χ1v) is 8.67. The van der Waals surface area contributed by atoms with E-state index in [4.69, 9.17) is 0 Å². The van der Waals surface area contributed by atoms with Crippen molar-refractivity contribution < 1.29 is 0 Å². The van der Waals surface area contributed by atoms with E-state index in [9.17, 15) is 0 Å². The largest absolute Gasteiger partial charge is 0.161 e. The summed E-state index contributed by atoms with van der Waals surface area (Å²) in [5.41, 5.74) is 2.28. The first-order chi connectivity index (χ1) is 9.61. The van der Waals surface area contributed by atoms with Gasteiger partial charge in [0.1, 0.15) is 0 Å². The second kappa shape index (κ2) is 13.3. The molecule has 0 aliphatic heterocycles. The summed E-state index contributed by atoms with van der Waals surface area (Å²) in [5.74, 6) is 0.645. The molecule has 0 aliphatic rings. The normalized spacial score (nSPS) is 12.0. The van der Waals surface area contributed by atoms with E-state index in [0.717, 1.165) is 5.71 Å². The quantitative estimate of drug-likeness (QED) is 0.224. The molecule has 0 saturated carbocycles. The Balaban J connectivity index is 4.29. The fourth-order valence-electron chi connectivity index (χ4n) is 2.46. The van der Waals surface area contributed by atoms with Crippen LogP contribution in [0.15, 0.2) is 10.2 Å². The maximum Gasteiger partial charge on any atom is 0.0405 e. The molecular weight excluding hydrogens is 244 g/mol. The van der Waals surface area contributed by atoms with Crippen LogP contribution >= 0.6 is 0 Å². The average molecular weight is 280 g/mol. The van der Waals surface area contributed by atoms with E-state index >= 15 is 0 Å². The van der Waals surface area contributed by atoms with Gasteiger partial charge in [-0.3, -0.25) is 0 Å². The highest BCUT2D eigenvalue weighted by Crippen LogP contribution is 2.20. The van der Waals surface area contributed by atoms with E-state index in [-0.39, 0.29) is 0 Å². The second-order valence-corrected chi connectivity index (χ2v) is 6.18. The number of hydrogen-bond acceptors (Lipinski definition) is 2. The standard InChI is InChI=1S/C18H36N2/c1-6-8-10-12-14-18(15-13-11-9-7-2)17(5)20-19-16(3)4/h18H,6-15H2,1-5H3/b20-17+. The van der Waals surface area contributed by atoms with Crippen molar-refractivity contribution in [2.24, 2.45) is 16.1 Å². The lowest BCUT2D eigenvalue weighted by Gasteiger charge is -2.16. The number of unbranched alkanes of at least 4 members (excludes halogenated alkanes) is 6. The molecule has 0 atom stereocenters. The molecule has 0 radical (unpaired) electrons. The number of nitrogens with zero attached hydrogens (tertiary/aromatic N) is 2. The van der Waals surface area contributed by atoms with Gasteiger partial charge in [-0.2, -0.15) is 10.2 Å². The molecule has 0 unspecified atom stereocenters. The summed E-state index contributed by atoms with van der Waals surface area (Å²) in [6.45, 7) is 10.7. The van der Waals surface area contributed by atoms with Crippen LogP contribution < -0.4 is 0 Å². The topological polar surface area (TPSA) is 24.7 Å². The van der Waals surface area contributed by atoms with Gasteiger partial charge in [-0.25, -0.2) is 0 Å². The lowest BCUT2D eigenvalue weighted by atomic mass is 9.91. The van der Waals surface area contributed by atoms with Crippen LogP contribution in [-0.2, 0) is 0 Å². The molecule has 0 aromatic rings. The molecule has 0 N–H and O–H groups in total. The van der Waals surface area contributed by atoms with Crippen LogP contribution in [0.2, 0.25) is 0 Å². The molecule has 0 bridgehead atoms. The summed E-state index contributed by atoms with van der Waals surface area (Å²) in [6.07, 6.45) is 13.4. The Hall–Kier alpha value is -0.660. The van der Waals surface area contributed by atoms with Crippen LogP contribution in [0.5, 0.6) is 0 Å². The van der Waals surface area contributed by atoms with Gasteiger partial charge in [0, 0.05) is 11.4 Å². The van der Waals surface area contributed by atoms with E-state index < -0.39 is 0 Å². The molecular formula is C18H36N2. The highest BCUT2D eigenvalue weighted by atomic mass is 15.2. The average Bonchev–Trinajstić information content (AvgIpc) is 2.43. The Morgan fingerprint density at radius 2 is 1.20 bits per heavy atom. The van der Waals surface area contributed by atoms with Crippen molar-refractivity contribution in [3.05, 3.63) is 0 Å². The Morgan fingerprint density at radius 1 is 0.700 bits per heavy atom. The Bertz CT molecular complexity index is 263. The van der Waals surface area contributed by atoms with Crippen molar-refractivity contribution in [1.82, 2.24) is 0 Å². The fraction of sp³-hybridized carbons (Fsp3) is 0.889. The molecule has 118 valence electrons. The van der Waals surface area contributed by atoms with E-state index in [1.165, 1.54) is 69.9 Å².